The van der Waals surface area contributed by atoms with Gasteiger partial charge in [-0.05, 0) is 48.0 Å². The Hall–Kier alpha value is -4.60. The molecule has 2 aromatic carbocycles. The van der Waals surface area contributed by atoms with Crippen molar-refractivity contribution in [1.82, 2.24) is 15.5 Å². The van der Waals surface area contributed by atoms with Gasteiger partial charge in [-0.15, -0.1) is 0 Å². The van der Waals surface area contributed by atoms with Crippen molar-refractivity contribution >= 4 is 34.5 Å². The first kappa shape index (κ1) is 21.0. The van der Waals surface area contributed by atoms with Gasteiger partial charge in [0.15, 0.2) is 5.54 Å². The first-order chi connectivity index (χ1) is 16.9. The van der Waals surface area contributed by atoms with E-state index < -0.39 is 17.5 Å². The standard InChI is InChI=1S/C25H21N5O5/c1-34-17-4-2-14-11-30(22(31)18(14)9-17)12-25(23(32)28-24(33)29-25)21-7-15-6-13(3-5-20(15)35-21)19-8-16(26)10-27-19/h2-9H,10-12,26H2,1H3,(H2,28,29,32,33)/t25-/m0/s1. The van der Waals surface area contributed by atoms with Gasteiger partial charge < -0.3 is 25.1 Å². The molecule has 0 radical (unpaired) electrons. The van der Waals surface area contributed by atoms with Gasteiger partial charge in [-0.1, -0.05) is 6.07 Å². The average Bonchev–Trinajstić information content (AvgIpc) is 3.60. The van der Waals surface area contributed by atoms with E-state index in [0.717, 1.165) is 22.2 Å². The van der Waals surface area contributed by atoms with Crippen LogP contribution in [0.15, 0.2) is 63.6 Å². The number of allylic oxidation sites excluding steroid dienone is 1. The van der Waals surface area contributed by atoms with Crippen molar-refractivity contribution < 1.29 is 23.5 Å². The molecule has 0 unspecified atom stereocenters. The Morgan fingerprint density at radius 2 is 2.03 bits per heavy atom. The van der Waals surface area contributed by atoms with E-state index in [4.69, 9.17) is 14.9 Å². The van der Waals surface area contributed by atoms with Crippen molar-refractivity contribution in [3.63, 3.8) is 0 Å². The lowest BCUT2D eigenvalue weighted by Gasteiger charge is -2.29. The number of amides is 4. The molecule has 4 amide bonds. The number of furan rings is 1. The van der Waals surface area contributed by atoms with Crippen LogP contribution in [0, 0.1) is 0 Å². The minimum Gasteiger partial charge on any atom is -0.497 e. The highest BCUT2D eigenvalue weighted by molar-refractivity contribution is 6.12. The highest BCUT2D eigenvalue weighted by Gasteiger charge is 2.53. The van der Waals surface area contributed by atoms with Gasteiger partial charge in [-0.2, -0.15) is 0 Å². The van der Waals surface area contributed by atoms with E-state index >= 15 is 0 Å². The molecule has 6 rings (SSSR count). The van der Waals surface area contributed by atoms with E-state index in [1.165, 1.54) is 12.0 Å². The maximum Gasteiger partial charge on any atom is 0.322 e. The highest BCUT2D eigenvalue weighted by Crippen LogP contribution is 2.35. The van der Waals surface area contributed by atoms with E-state index in [2.05, 4.69) is 15.6 Å². The summed E-state index contributed by atoms with van der Waals surface area (Å²) in [4.78, 5) is 44.5. The third kappa shape index (κ3) is 3.25. The van der Waals surface area contributed by atoms with Gasteiger partial charge in [0.25, 0.3) is 11.8 Å². The molecule has 3 aliphatic heterocycles. The Balaban J connectivity index is 1.37. The molecule has 1 fully saturated rings. The molecule has 0 aliphatic carbocycles. The van der Waals surface area contributed by atoms with E-state index in [9.17, 15) is 14.4 Å². The second-order valence-corrected chi connectivity index (χ2v) is 8.78. The van der Waals surface area contributed by atoms with Crippen LogP contribution in [0.4, 0.5) is 4.79 Å². The SMILES string of the molecule is COc1ccc2c(c1)C(=O)N(C[C@@]1(c3cc4cc(C5=NCC(N)=C5)ccc4o3)NC(=O)NC1=O)C2. The molecule has 10 heteroatoms. The number of benzene rings is 2. The zero-order valence-electron chi connectivity index (χ0n) is 18.8. The summed E-state index contributed by atoms with van der Waals surface area (Å²) in [5, 5.41) is 5.73. The third-order valence-corrected chi connectivity index (χ3v) is 6.55. The van der Waals surface area contributed by atoms with E-state index in [1.807, 2.05) is 24.3 Å². The molecule has 1 atom stereocenters. The molecule has 1 saturated heterocycles. The van der Waals surface area contributed by atoms with Crippen LogP contribution in [0.2, 0.25) is 0 Å². The molecule has 3 aliphatic rings. The van der Waals surface area contributed by atoms with Gasteiger partial charge in [0.05, 0.1) is 25.9 Å². The molecule has 3 aromatic rings. The summed E-state index contributed by atoms with van der Waals surface area (Å²) in [5.74, 6) is -0.0388. The lowest BCUT2D eigenvalue weighted by Crippen LogP contribution is -2.52. The lowest BCUT2D eigenvalue weighted by molar-refractivity contribution is -0.125. The third-order valence-electron chi connectivity index (χ3n) is 6.55. The number of fused-ring (bicyclic) bond motifs is 2. The van der Waals surface area contributed by atoms with Gasteiger partial charge in [0, 0.05) is 28.8 Å². The fraction of sp³-hybridized carbons (Fsp3) is 0.200. The molecule has 4 heterocycles. The van der Waals surface area contributed by atoms with Crippen molar-refractivity contribution in [2.45, 2.75) is 12.1 Å². The Morgan fingerprint density at radius 3 is 2.74 bits per heavy atom. The summed E-state index contributed by atoms with van der Waals surface area (Å²) < 4.78 is 11.3. The summed E-state index contributed by atoms with van der Waals surface area (Å²) in [5.41, 5.74) is 8.44. The topological polar surface area (TPSA) is 139 Å². The number of nitrogens with zero attached hydrogens (tertiary/aromatic N) is 2. The predicted molar refractivity (Wildman–Crippen MR) is 126 cm³/mol. The number of nitrogens with two attached hydrogens (primary N) is 1. The number of carbonyl (C=O) groups excluding carboxylic acids is 3. The van der Waals surface area contributed by atoms with Crippen LogP contribution < -0.4 is 21.1 Å². The quantitative estimate of drug-likeness (QED) is 0.485. The fourth-order valence-electron chi connectivity index (χ4n) is 4.77. The first-order valence-electron chi connectivity index (χ1n) is 11.0. The van der Waals surface area contributed by atoms with Gasteiger partial charge in [-0.3, -0.25) is 19.9 Å². The van der Waals surface area contributed by atoms with Crippen molar-refractivity contribution in [2.24, 2.45) is 10.7 Å². The minimum absolute atomic E-state index is 0.0982. The van der Waals surface area contributed by atoms with Crippen molar-refractivity contribution in [2.75, 3.05) is 20.2 Å². The minimum atomic E-state index is -1.58. The summed E-state index contributed by atoms with van der Waals surface area (Å²) >= 11 is 0. The van der Waals surface area contributed by atoms with E-state index in [-0.39, 0.29) is 18.2 Å². The number of urea groups is 1. The van der Waals surface area contributed by atoms with Gasteiger partial charge in [-0.25, -0.2) is 4.79 Å². The second kappa shape index (κ2) is 7.45. The zero-order valence-corrected chi connectivity index (χ0v) is 18.8. The number of ether oxygens (including phenoxy) is 1. The van der Waals surface area contributed by atoms with Gasteiger partial charge in [0.2, 0.25) is 0 Å². The van der Waals surface area contributed by atoms with E-state index in [0.29, 0.717) is 35.7 Å². The number of nitrogens with one attached hydrogen (secondary N) is 2. The number of methoxy groups -OCH3 is 1. The lowest BCUT2D eigenvalue weighted by atomic mass is 9.95. The maximum atomic E-state index is 13.2. The summed E-state index contributed by atoms with van der Waals surface area (Å²) in [6, 6.07) is 11.9. The molecule has 0 bridgehead atoms. The molecule has 0 saturated carbocycles. The van der Waals surface area contributed by atoms with Crippen LogP contribution in [0.25, 0.3) is 11.0 Å². The van der Waals surface area contributed by atoms with Crippen LogP contribution in [-0.4, -0.2) is 48.7 Å². The normalized spacial score (nSPS) is 21.2. The Kier molecular flexibility index (Phi) is 4.47. The number of aliphatic imine (C=N–C) groups is 1. The van der Waals surface area contributed by atoms with Crippen LogP contribution >= 0.6 is 0 Å². The van der Waals surface area contributed by atoms with Crippen LogP contribution in [-0.2, 0) is 16.9 Å². The number of hydrogen-bond acceptors (Lipinski definition) is 7. The van der Waals surface area contributed by atoms with Crippen molar-refractivity contribution in [3.05, 3.63) is 76.7 Å². The number of carbonyl (C=O) groups is 3. The summed E-state index contributed by atoms with van der Waals surface area (Å²) in [7, 11) is 1.53. The number of rotatable bonds is 5. The predicted octanol–water partition coefficient (Wildman–Crippen LogP) is 1.78. The average molecular weight is 471 g/mol. The summed E-state index contributed by atoms with van der Waals surface area (Å²) in [6.45, 7) is 0.650. The molecule has 10 nitrogen and oxygen atoms in total. The van der Waals surface area contributed by atoms with Crippen LogP contribution in [0.3, 0.4) is 0 Å². The molecule has 1 aromatic heterocycles. The number of hydrogen-bond donors (Lipinski definition) is 3. The Morgan fingerprint density at radius 1 is 1.17 bits per heavy atom. The second-order valence-electron chi connectivity index (χ2n) is 8.78. The molecule has 0 spiro atoms. The highest BCUT2D eigenvalue weighted by atomic mass is 16.5. The van der Waals surface area contributed by atoms with Gasteiger partial charge >= 0.3 is 6.03 Å². The monoisotopic (exact) mass is 471 g/mol. The smallest absolute Gasteiger partial charge is 0.322 e. The Bertz CT molecular complexity index is 1500. The van der Waals surface area contributed by atoms with E-state index in [1.54, 1.807) is 24.3 Å². The zero-order chi connectivity index (χ0) is 24.3. The van der Waals surface area contributed by atoms with Crippen LogP contribution in [0.5, 0.6) is 5.75 Å². The van der Waals surface area contributed by atoms with Crippen LogP contribution in [0.1, 0.15) is 27.2 Å². The Labute approximate surface area is 199 Å². The molecule has 4 N–H and O–H groups in total. The maximum absolute atomic E-state index is 13.2. The molecular weight excluding hydrogens is 450 g/mol. The molecule has 35 heavy (non-hydrogen) atoms. The fourth-order valence-corrected chi connectivity index (χ4v) is 4.77. The van der Waals surface area contributed by atoms with Crippen molar-refractivity contribution in [1.29, 1.82) is 0 Å². The number of imide groups is 1. The molecular formula is C25H21N5O5. The molecule has 176 valence electrons. The van der Waals surface area contributed by atoms with Gasteiger partial charge in [0.1, 0.15) is 17.1 Å². The first-order valence-corrected chi connectivity index (χ1v) is 11.0. The van der Waals surface area contributed by atoms with Crippen molar-refractivity contribution in [3.8, 4) is 5.75 Å². The summed E-state index contributed by atoms with van der Waals surface area (Å²) in [6.07, 6.45) is 1.82. The largest absolute Gasteiger partial charge is 0.497 e.